The van der Waals surface area contributed by atoms with Crippen LogP contribution in [0.4, 0.5) is 0 Å². The average Bonchev–Trinajstić information content (AvgIpc) is 2.18. The van der Waals surface area contributed by atoms with Crippen molar-refractivity contribution in [1.82, 2.24) is 0 Å². The Labute approximate surface area is 106 Å². The first-order valence-corrected chi connectivity index (χ1v) is 6.67. The molecule has 1 rings (SSSR count). The Kier molecular flexibility index (Phi) is 5.20. The molecule has 0 heterocycles. The Morgan fingerprint density at radius 2 is 1.59 bits per heavy atom. The van der Waals surface area contributed by atoms with Gasteiger partial charge >= 0.3 is 0 Å². The minimum absolute atomic E-state index is 0.530. The highest BCUT2D eigenvalue weighted by molar-refractivity contribution is 5.22. The van der Waals surface area contributed by atoms with Crippen LogP contribution in [0.25, 0.3) is 0 Å². The van der Waals surface area contributed by atoms with Crippen LogP contribution in [0.15, 0.2) is 24.3 Å². The van der Waals surface area contributed by atoms with Crippen molar-refractivity contribution < 1.29 is 5.11 Å². The molecule has 0 radical (unpaired) electrons. The van der Waals surface area contributed by atoms with Crippen LogP contribution >= 0.6 is 0 Å². The second-order valence-corrected chi connectivity index (χ2v) is 6.08. The molecule has 1 heteroatoms. The summed E-state index contributed by atoms with van der Waals surface area (Å²) in [6, 6.07) is 8.92. The van der Waals surface area contributed by atoms with Gasteiger partial charge in [0.25, 0.3) is 0 Å². The molecule has 0 fully saturated rings. The molecule has 1 aromatic rings. The van der Waals surface area contributed by atoms with E-state index in [0.717, 1.165) is 31.6 Å². The lowest BCUT2D eigenvalue weighted by molar-refractivity contribution is 0.0689. The van der Waals surface area contributed by atoms with Gasteiger partial charge in [-0.25, -0.2) is 0 Å². The first-order chi connectivity index (χ1) is 7.87. The largest absolute Gasteiger partial charge is 0.390 e. The number of aryl methyl sites for hydroxylation is 1. The molecule has 0 atom stereocenters. The van der Waals surface area contributed by atoms with Gasteiger partial charge in [0, 0.05) is 0 Å². The van der Waals surface area contributed by atoms with Gasteiger partial charge in [0.15, 0.2) is 0 Å². The third-order valence-electron chi connectivity index (χ3n) is 2.92. The molecule has 0 saturated carbocycles. The lowest BCUT2D eigenvalue weighted by atomic mass is 9.97. The number of benzene rings is 1. The summed E-state index contributed by atoms with van der Waals surface area (Å²) in [4.78, 5) is 0. The van der Waals surface area contributed by atoms with E-state index in [4.69, 9.17) is 0 Å². The molecule has 0 bridgehead atoms. The molecule has 0 unspecified atom stereocenters. The summed E-state index contributed by atoms with van der Waals surface area (Å²) in [6.45, 7) is 8.24. The van der Waals surface area contributed by atoms with Gasteiger partial charge in [0.05, 0.1) is 5.60 Å². The summed E-state index contributed by atoms with van der Waals surface area (Å²) >= 11 is 0. The molecule has 96 valence electrons. The van der Waals surface area contributed by atoms with Gasteiger partial charge in [-0.2, -0.15) is 0 Å². The van der Waals surface area contributed by atoms with Gasteiger partial charge in [-0.05, 0) is 56.6 Å². The Morgan fingerprint density at radius 3 is 2.06 bits per heavy atom. The van der Waals surface area contributed by atoms with Crippen molar-refractivity contribution in [2.75, 3.05) is 0 Å². The quantitative estimate of drug-likeness (QED) is 0.789. The average molecular weight is 234 g/mol. The van der Waals surface area contributed by atoms with Crippen molar-refractivity contribution in [3.8, 4) is 0 Å². The van der Waals surface area contributed by atoms with Crippen molar-refractivity contribution in [2.45, 2.75) is 59.0 Å². The van der Waals surface area contributed by atoms with Crippen molar-refractivity contribution in [3.63, 3.8) is 0 Å². The fraction of sp³-hybridized carbons (Fsp3) is 0.625. The standard InChI is InChI=1S/C16H26O/c1-13(2)12-15-9-7-14(8-10-15)6-5-11-16(3,4)17/h7-10,13,17H,5-6,11-12H2,1-4H3. The van der Waals surface area contributed by atoms with Crippen molar-refractivity contribution in [2.24, 2.45) is 5.92 Å². The first kappa shape index (κ1) is 14.2. The summed E-state index contributed by atoms with van der Waals surface area (Å²) in [5.41, 5.74) is 2.27. The fourth-order valence-electron chi connectivity index (χ4n) is 2.04. The predicted molar refractivity (Wildman–Crippen MR) is 74.2 cm³/mol. The molecule has 0 aliphatic heterocycles. The molecule has 0 saturated heterocycles. The van der Waals surface area contributed by atoms with E-state index < -0.39 is 5.60 Å². The van der Waals surface area contributed by atoms with Gasteiger partial charge in [0.1, 0.15) is 0 Å². The van der Waals surface area contributed by atoms with Crippen LogP contribution in [0.2, 0.25) is 0 Å². The van der Waals surface area contributed by atoms with Gasteiger partial charge in [0.2, 0.25) is 0 Å². The highest BCUT2D eigenvalue weighted by Gasteiger charge is 2.11. The number of hydrogen-bond donors (Lipinski definition) is 1. The summed E-state index contributed by atoms with van der Waals surface area (Å²) < 4.78 is 0. The monoisotopic (exact) mass is 234 g/mol. The lowest BCUT2D eigenvalue weighted by Crippen LogP contribution is -2.18. The zero-order valence-corrected chi connectivity index (χ0v) is 11.7. The van der Waals surface area contributed by atoms with E-state index in [-0.39, 0.29) is 0 Å². The van der Waals surface area contributed by atoms with E-state index in [1.807, 2.05) is 13.8 Å². The third-order valence-corrected chi connectivity index (χ3v) is 2.92. The van der Waals surface area contributed by atoms with Gasteiger partial charge in [-0.1, -0.05) is 38.1 Å². The maximum atomic E-state index is 9.64. The first-order valence-electron chi connectivity index (χ1n) is 6.67. The van der Waals surface area contributed by atoms with Crippen molar-refractivity contribution in [3.05, 3.63) is 35.4 Å². The van der Waals surface area contributed by atoms with Crippen molar-refractivity contribution >= 4 is 0 Å². The van der Waals surface area contributed by atoms with Crippen LogP contribution in [0.3, 0.4) is 0 Å². The van der Waals surface area contributed by atoms with E-state index in [9.17, 15) is 5.11 Å². The Morgan fingerprint density at radius 1 is 1.06 bits per heavy atom. The molecule has 0 amide bonds. The number of rotatable bonds is 6. The Bertz CT molecular complexity index is 316. The third kappa shape index (κ3) is 6.48. The molecule has 1 N–H and O–H groups in total. The van der Waals surface area contributed by atoms with Crippen LogP contribution in [-0.4, -0.2) is 10.7 Å². The second-order valence-electron chi connectivity index (χ2n) is 6.08. The SMILES string of the molecule is CC(C)Cc1ccc(CCCC(C)(C)O)cc1. The number of aliphatic hydroxyl groups is 1. The van der Waals surface area contributed by atoms with E-state index in [1.54, 1.807) is 0 Å². The molecule has 0 spiro atoms. The van der Waals surface area contributed by atoms with E-state index in [0.29, 0.717) is 0 Å². The molecule has 1 nitrogen and oxygen atoms in total. The molecule has 1 aromatic carbocycles. The minimum atomic E-state index is -0.530. The molecule has 0 aliphatic carbocycles. The molecule has 17 heavy (non-hydrogen) atoms. The highest BCUT2D eigenvalue weighted by atomic mass is 16.3. The Hall–Kier alpha value is -0.820. The highest BCUT2D eigenvalue weighted by Crippen LogP contribution is 2.15. The summed E-state index contributed by atoms with van der Waals surface area (Å²) in [6.07, 6.45) is 4.13. The normalized spacial score (nSPS) is 12.1. The van der Waals surface area contributed by atoms with E-state index in [1.165, 1.54) is 11.1 Å². The second kappa shape index (κ2) is 6.20. The summed E-state index contributed by atoms with van der Waals surface area (Å²) in [5, 5.41) is 9.64. The molecule has 0 aromatic heterocycles. The number of hydrogen-bond acceptors (Lipinski definition) is 1. The van der Waals surface area contributed by atoms with Gasteiger partial charge < -0.3 is 5.11 Å². The lowest BCUT2D eigenvalue weighted by Gasteiger charge is -2.16. The maximum Gasteiger partial charge on any atom is 0.0591 e. The van der Waals surface area contributed by atoms with Crippen LogP contribution < -0.4 is 0 Å². The minimum Gasteiger partial charge on any atom is -0.390 e. The van der Waals surface area contributed by atoms with Gasteiger partial charge in [-0.15, -0.1) is 0 Å². The van der Waals surface area contributed by atoms with E-state index >= 15 is 0 Å². The zero-order valence-electron chi connectivity index (χ0n) is 11.7. The summed E-state index contributed by atoms with van der Waals surface area (Å²) in [7, 11) is 0. The topological polar surface area (TPSA) is 20.2 Å². The zero-order chi connectivity index (χ0) is 12.9. The van der Waals surface area contributed by atoms with Crippen LogP contribution in [-0.2, 0) is 12.8 Å². The Balaban J connectivity index is 2.40. The fourth-order valence-corrected chi connectivity index (χ4v) is 2.04. The van der Waals surface area contributed by atoms with Crippen LogP contribution in [0.5, 0.6) is 0 Å². The molecular formula is C16H26O. The summed E-state index contributed by atoms with van der Waals surface area (Å²) in [5.74, 6) is 0.719. The molecule has 0 aliphatic rings. The molecular weight excluding hydrogens is 208 g/mol. The predicted octanol–water partition coefficient (Wildman–Crippen LogP) is 3.98. The van der Waals surface area contributed by atoms with Crippen LogP contribution in [0.1, 0.15) is 51.7 Å². The smallest absolute Gasteiger partial charge is 0.0591 e. The van der Waals surface area contributed by atoms with E-state index in [2.05, 4.69) is 38.1 Å². The van der Waals surface area contributed by atoms with Crippen molar-refractivity contribution in [1.29, 1.82) is 0 Å². The van der Waals surface area contributed by atoms with Gasteiger partial charge in [-0.3, -0.25) is 0 Å². The maximum absolute atomic E-state index is 9.64. The van der Waals surface area contributed by atoms with Crippen LogP contribution in [0, 0.1) is 5.92 Å².